The number of aromatic nitrogens is 3. The first-order chi connectivity index (χ1) is 34.2. The molecule has 0 N–H and O–H groups in total. The normalized spacial score (nSPS) is 17.0. The van der Waals surface area contributed by atoms with Crippen molar-refractivity contribution in [2.75, 3.05) is 0 Å². The summed E-state index contributed by atoms with van der Waals surface area (Å²) in [5, 5.41) is 0.714. The third-order valence-corrected chi connectivity index (χ3v) is 9.49. The molecule has 9 rings (SSSR count). The van der Waals surface area contributed by atoms with E-state index in [9.17, 15) is 16.4 Å². The van der Waals surface area contributed by atoms with Crippen LogP contribution in [0.25, 0.3) is 55.7 Å². The van der Waals surface area contributed by atoms with Gasteiger partial charge in [0.15, 0.2) is 0 Å². The first kappa shape index (κ1) is 23.5. The Hall–Kier alpha value is -6.72. The van der Waals surface area contributed by atoms with Crippen LogP contribution in [0.2, 0.25) is 0 Å². The number of aryl methyl sites for hydroxylation is 7. The standard InChI is InChI=1S/C53H44FN3O/c1-2-44-48(54)26-25-46-45-14-9-15-47(53(45)58-52(44)46)51-29-24-38(35-57-51)18-21-41-31-39(19-16-36-22-27-49(55-33-36)42-10-5-3-6-11-42)30-40(32-41)20-17-37-23-28-50(56-34-37)43-12-7-4-8-13-43/h3-15,22-35H,2,16-21H2,1H3/i2D2,16D2,17D2,18D2,19D2,20D2,21D2,26D. The summed E-state index contributed by atoms with van der Waals surface area (Å²) in [6, 6.07) is 34.9. The molecule has 0 saturated heterocycles. The topological polar surface area (TPSA) is 51.8 Å². The average molecular weight is 773 g/mol. The summed E-state index contributed by atoms with van der Waals surface area (Å²) in [6.45, 7) is 1.15. The number of pyridine rings is 3. The predicted molar refractivity (Wildman–Crippen MR) is 234 cm³/mol. The molecule has 0 unspecified atom stereocenters. The van der Waals surface area contributed by atoms with Crippen LogP contribution in [0.15, 0.2) is 169 Å². The number of hydrogen-bond donors (Lipinski definition) is 0. The Morgan fingerprint density at radius 3 is 1.43 bits per heavy atom. The molecule has 284 valence electrons. The van der Waals surface area contributed by atoms with Gasteiger partial charge in [-0.25, -0.2) is 4.39 Å². The minimum Gasteiger partial charge on any atom is -0.455 e. The second kappa shape index (κ2) is 16.8. The molecule has 0 aliphatic heterocycles. The molecule has 4 aromatic heterocycles. The summed E-state index contributed by atoms with van der Waals surface area (Å²) in [5.74, 6) is -1.07. The number of rotatable bonds is 13. The molecule has 4 nitrogen and oxygen atoms in total. The molecule has 0 atom stereocenters. The van der Waals surface area contributed by atoms with Gasteiger partial charge < -0.3 is 4.42 Å². The Kier molecular flexibility index (Phi) is 6.80. The molecule has 5 aromatic carbocycles. The SMILES string of the molecule is [2H]c1cc2c(oc3c(-c4ccc(C([2H])([2H])C([2H])([2H])c5cc(C([2H])([2H])C([2H])([2H])c6ccc(-c7ccccc7)nc6)cc(C([2H])([2H])C([2H])([2H])c6ccc(-c7ccccc7)nc6)c5)cn4)cccc32)c(C([2H])([2H])C)c1F. The molecule has 0 aliphatic carbocycles. The minimum atomic E-state index is -3.18. The fraction of sp³-hybridized carbons (Fsp3) is 0.151. The summed E-state index contributed by atoms with van der Waals surface area (Å²) in [7, 11) is 0. The van der Waals surface area contributed by atoms with Gasteiger partial charge in [0.25, 0.3) is 0 Å². The molecular weight excluding hydrogens is 714 g/mol. The van der Waals surface area contributed by atoms with Crippen molar-refractivity contribution in [3.8, 4) is 33.8 Å². The fourth-order valence-corrected chi connectivity index (χ4v) is 6.60. The summed E-state index contributed by atoms with van der Waals surface area (Å²) in [5.41, 5.74) is -0.0331. The second-order valence-electron chi connectivity index (χ2n) is 13.3. The number of fused-ring (bicyclic) bond motifs is 3. The Morgan fingerprint density at radius 2 is 0.966 bits per heavy atom. The van der Waals surface area contributed by atoms with Gasteiger partial charge in [0, 0.05) is 70.8 Å². The van der Waals surface area contributed by atoms with Crippen LogP contribution < -0.4 is 0 Å². The van der Waals surface area contributed by atoms with Crippen LogP contribution in [0.3, 0.4) is 0 Å². The van der Waals surface area contributed by atoms with Gasteiger partial charge in [0.05, 0.1) is 18.5 Å². The molecular formula is C53H44FN3O. The maximum absolute atomic E-state index is 15.2. The third kappa shape index (κ3) is 8.07. The van der Waals surface area contributed by atoms with Crippen LogP contribution >= 0.6 is 0 Å². The molecule has 9 aromatic rings. The first-order valence-corrected chi connectivity index (χ1v) is 18.5. The van der Waals surface area contributed by atoms with E-state index in [1.54, 1.807) is 66.7 Å². The summed E-state index contributed by atoms with van der Waals surface area (Å²) in [6.07, 6.45) is -17.1. The molecule has 0 spiro atoms. The predicted octanol–water partition coefficient (Wildman–Crippen LogP) is 12.8. The Labute approximate surface area is 360 Å². The maximum Gasteiger partial charge on any atom is 0.144 e. The van der Waals surface area contributed by atoms with E-state index in [1.165, 1.54) is 54.9 Å². The van der Waals surface area contributed by atoms with Crippen LogP contribution in [0.1, 0.15) is 66.4 Å². The van der Waals surface area contributed by atoms with Gasteiger partial charge in [0.2, 0.25) is 0 Å². The maximum atomic E-state index is 15.2. The van der Waals surface area contributed by atoms with Crippen LogP contribution in [-0.4, -0.2) is 15.0 Å². The van der Waals surface area contributed by atoms with Crippen LogP contribution in [0, 0.1) is 5.82 Å². The zero-order valence-electron chi connectivity index (χ0n) is 46.1. The van der Waals surface area contributed by atoms with E-state index < -0.39 is 78.7 Å². The highest BCUT2D eigenvalue weighted by Crippen LogP contribution is 2.37. The van der Waals surface area contributed by atoms with E-state index in [0.717, 1.165) is 42.4 Å². The van der Waals surface area contributed by atoms with Crippen molar-refractivity contribution in [3.63, 3.8) is 0 Å². The number of halogens is 1. The van der Waals surface area contributed by atoms with Crippen LogP contribution in [0.4, 0.5) is 4.39 Å². The lowest BCUT2D eigenvalue weighted by Crippen LogP contribution is -2.00. The number of furan rings is 1. The van der Waals surface area contributed by atoms with Gasteiger partial charge in [-0.1, -0.05) is 116 Å². The molecule has 5 heteroatoms. The Bertz CT molecular complexity index is 3390. The molecule has 0 radical (unpaired) electrons. The Morgan fingerprint density at radius 1 is 0.500 bits per heavy atom. The van der Waals surface area contributed by atoms with Crippen LogP contribution in [0.5, 0.6) is 0 Å². The van der Waals surface area contributed by atoms with Crippen molar-refractivity contribution in [2.45, 2.75) is 51.5 Å². The fourth-order valence-electron chi connectivity index (χ4n) is 6.60. The second-order valence-corrected chi connectivity index (χ2v) is 13.3. The van der Waals surface area contributed by atoms with Gasteiger partial charge in [-0.05, 0) is 114 Å². The highest BCUT2D eigenvalue weighted by molar-refractivity contribution is 6.10. The van der Waals surface area contributed by atoms with E-state index in [1.807, 2.05) is 12.1 Å². The van der Waals surface area contributed by atoms with E-state index in [-0.39, 0.29) is 38.9 Å². The summed E-state index contributed by atoms with van der Waals surface area (Å²) in [4.78, 5) is 13.2. The molecule has 58 heavy (non-hydrogen) atoms. The van der Waals surface area contributed by atoms with E-state index in [2.05, 4.69) is 15.0 Å². The van der Waals surface area contributed by atoms with Crippen molar-refractivity contribution in [1.82, 2.24) is 15.0 Å². The Balaban J connectivity index is 1.13. The van der Waals surface area contributed by atoms with Gasteiger partial charge in [-0.3, -0.25) is 15.0 Å². The lowest BCUT2D eigenvalue weighted by molar-refractivity contribution is 0.601. The van der Waals surface area contributed by atoms with E-state index >= 15 is 4.39 Å². The zero-order valence-corrected chi connectivity index (χ0v) is 31.1. The van der Waals surface area contributed by atoms with Crippen molar-refractivity contribution >= 4 is 21.9 Å². The number of hydrogen-bond acceptors (Lipinski definition) is 4. The lowest BCUT2D eigenvalue weighted by atomic mass is 9.94. The van der Waals surface area contributed by atoms with Gasteiger partial charge in [-0.2, -0.15) is 0 Å². The van der Waals surface area contributed by atoms with Crippen molar-refractivity contribution in [2.24, 2.45) is 0 Å². The lowest BCUT2D eigenvalue weighted by Gasteiger charge is -2.12. The van der Waals surface area contributed by atoms with Crippen LogP contribution in [-0.2, 0) is 44.6 Å². The average Bonchev–Trinajstić information content (AvgIpc) is 3.74. The molecule has 0 aliphatic rings. The van der Waals surface area contributed by atoms with Gasteiger partial charge >= 0.3 is 0 Å². The zero-order chi connectivity index (χ0) is 52.7. The summed E-state index contributed by atoms with van der Waals surface area (Å²) >= 11 is 0. The minimum absolute atomic E-state index is 0.101. The number of nitrogens with zero attached hydrogens (tertiary/aromatic N) is 3. The molecule has 0 fully saturated rings. The molecule has 4 heterocycles. The van der Waals surface area contributed by atoms with Gasteiger partial charge in [0.1, 0.15) is 17.0 Å². The third-order valence-electron chi connectivity index (χ3n) is 9.49. The monoisotopic (exact) mass is 772 g/mol. The first-order valence-electron chi connectivity index (χ1n) is 26.0. The summed E-state index contributed by atoms with van der Waals surface area (Å²) < 4.78 is 158. The highest BCUT2D eigenvalue weighted by Gasteiger charge is 2.17. The molecule has 0 saturated carbocycles. The van der Waals surface area contributed by atoms with E-state index in [4.69, 9.17) is 8.53 Å². The van der Waals surface area contributed by atoms with Crippen molar-refractivity contribution < 1.29 is 29.4 Å². The largest absolute Gasteiger partial charge is 0.455 e. The smallest absolute Gasteiger partial charge is 0.144 e. The number of para-hydroxylation sites is 1. The molecule has 0 bridgehead atoms. The van der Waals surface area contributed by atoms with Gasteiger partial charge in [-0.15, -0.1) is 0 Å². The van der Waals surface area contributed by atoms with Crippen molar-refractivity contribution in [3.05, 3.63) is 209 Å². The highest BCUT2D eigenvalue weighted by atomic mass is 19.1. The van der Waals surface area contributed by atoms with E-state index in [0.29, 0.717) is 22.3 Å². The number of benzene rings is 5. The molecule has 0 amide bonds. The van der Waals surface area contributed by atoms with Crippen molar-refractivity contribution in [1.29, 1.82) is 0 Å². The quantitative estimate of drug-likeness (QED) is 0.117.